The number of fused-ring (bicyclic) bond motifs is 2. The molecule has 13 heavy (non-hydrogen) atoms. The van der Waals surface area contributed by atoms with Gasteiger partial charge in [-0.1, -0.05) is 0 Å². The Morgan fingerprint density at radius 2 is 2.23 bits per heavy atom. The monoisotopic (exact) mass is 185 g/mol. The van der Waals surface area contributed by atoms with Crippen molar-refractivity contribution in [3.8, 4) is 0 Å². The van der Waals surface area contributed by atoms with Crippen molar-refractivity contribution in [2.45, 2.75) is 50.5 Å². The van der Waals surface area contributed by atoms with Gasteiger partial charge in [-0.2, -0.15) is 0 Å². The highest BCUT2D eigenvalue weighted by atomic mass is 16.5. The quantitative estimate of drug-likeness (QED) is 0.556. The Kier molecular flexibility index (Phi) is 2.26. The molecule has 4 atom stereocenters. The van der Waals surface area contributed by atoms with Crippen molar-refractivity contribution in [3.05, 3.63) is 0 Å². The van der Waals surface area contributed by atoms with Crippen molar-refractivity contribution < 1.29 is 14.6 Å². The normalized spacial score (nSPS) is 43.2. The summed E-state index contributed by atoms with van der Waals surface area (Å²) in [6, 6.07) is 0.389. The van der Waals surface area contributed by atoms with E-state index in [1.807, 2.05) is 0 Å². The van der Waals surface area contributed by atoms with E-state index in [9.17, 15) is 9.90 Å². The fourth-order valence-electron chi connectivity index (χ4n) is 2.30. The van der Waals surface area contributed by atoms with Crippen LogP contribution in [0.2, 0.25) is 0 Å². The van der Waals surface area contributed by atoms with E-state index in [0.29, 0.717) is 0 Å². The van der Waals surface area contributed by atoms with Crippen LogP contribution < -0.4 is 5.32 Å². The summed E-state index contributed by atoms with van der Waals surface area (Å²) in [6.45, 7) is 1.43. The first kappa shape index (κ1) is 8.97. The van der Waals surface area contributed by atoms with Crippen LogP contribution in [0.25, 0.3) is 0 Å². The summed E-state index contributed by atoms with van der Waals surface area (Å²) in [7, 11) is 0. The van der Waals surface area contributed by atoms with Crippen molar-refractivity contribution >= 4 is 5.97 Å². The fraction of sp³-hybridized carbons (Fsp3) is 0.889. The van der Waals surface area contributed by atoms with E-state index < -0.39 is 0 Å². The van der Waals surface area contributed by atoms with Crippen LogP contribution in [0.15, 0.2) is 0 Å². The van der Waals surface area contributed by atoms with Crippen LogP contribution in [0, 0.1) is 0 Å². The van der Waals surface area contributed by atoms with E-state index in [4.69, 9.17) is 4.74 Å². The first-order valence-electron chi connectivity index (χ1n) is 4.78. The highest BCUT2D eigenvalue weighted by Crippen LogP contribution is 2.29. The lowest BCUT2D eigenvalue weighted by atomic mass is 10.0. The number of rotatable bonds is 1. The maximum absolute atomic E-state index is 10.8. The van der Waals surface area contributed by atoms with Gasteiger partial charge >= 0.3 is 5.97 Å². The Morgan fingerprint density at radius 3 is 2.85 bits per heavy atom. The molecule has 2 aliphatic heterocycles. The number of aliphatic hydroxyl groups is 1. The standard InChI is InChI=1S/C9H15NO3/c1-5(11)13-9-4-7-8(12)3-2-6(9)10-7/h6-10,12H,2-4H2,1H3/t6?,7?,8-,9+/m0/s1. The van der Waals surface area contributed by atoms with E-state index in [1.54, 1.807) is 0 Å². The molecule has 2 heterocycles. The minimum Gasteiger partial charge on any atom is -0.461 e. The zero-order valence-corrected chi connectivity index (χ0v) is 7.69. The molecule has 74 valence electrons. The van der Waals surface area contributed by atoms with Gasteiger partial charge in [-0.25, -0.2) is 0 Å². The van der Waals surface area contributed by atoms with E-state index in [1.165, 1.54) is 6.92 Å². The van der Waals surface area contributed by atoms with Crippen LogP contribution >= 0.6 is 0 Å². The number of aliphatic hydroxyl groups excluding tert-OH is 1. The Labute approximate surface area is 77.3 Å². The second kappa shape index (κ2) is 3.27. The molecular formula is C9H15NO3. The van der Waals surface area contributed by atoms with Crippen molar-refractivity contribution in [1.29, 1.82) is 0 Å². The second-order valence-electron chi connectivity index (χ2n) is 3.91. The fourth-order valence-corrected chi connectivity index (χ4v) is 2.30. The summed E-state index contributed by atoms with van der Waals surface area (Å²) >= 11 is 0. The van der Waals surface area contributed by atoms with Crippen LogP contribution in [0.4, 0.5) is 0 Å². The minimum absolute atomic E-state index is 0.0281. The molecule has 0 aliphatic carbocycles. The highest BCUT2D eigenvalue weighted by molar-refractivity contribution is 5.66. The molecule has 4 nitrogen and oxygen atoms in total. The maximum Gasteiger partial charge on any atom is 0.302 e. The topological polar surface area (TPSA) is 58.6 Å². The SMILES string of the molecule is CC(=O)O[C@@H]1CC2NC1CC[C@@H]2O. The number of carbonyl (C=O) groups excluding carboxylic acids is 1. The maximum atomic E-state index is 10.8. The third-order valence-corrected chi connectivity index (χ3v) is 2.92. The molecule has 4 heteroatoms. The van der Waals surface area contributed by atoms with Crippen molar-refractivity contribution in [2.24, 2.45) is 0 Å². The molecule has 2 rings (SSSR count). The van der Waals surface area contributed by atoms with E-state index >= 15 is 0 Å². The smallest absolute Gasteiger partial charge is 0.302 e. The number of carbonyl (C=O) groups is 1. The Morgan fingerprint density at radius 1 is 1.46 bits per heavy atom. The van der Waals surface area contributed by atoms with Crippen molar-refractivity contribution in [3.63, 3.8) is 0 Å². The molecular weight excluding hydrogens is 170 g/mol. The Balaban J connectivity index is 1.98. The van der Waals surface area contributed by atoms with Gasteiger partial charge in [-0.05, 0) is 12.8 Å². The number of hydrogen-bond donors (Lipinski definition) is 2. The van der Waals surface area contributed by atoms with Crippen LogP contribution in [-0.4, -0.2) is 35.4 Å². The number of nitrogens with one attached hydrogen (secondary N) is 1. The van der Waals surface area contributed by atoms with Crippen LogP contribution in [-0.2, 0) is 9.53 Å². The van der Waals surface area contributed by atoms with Gasteiger partial charge in [-0.15, -0.1) is 0 Å². The third kappa shape index (κ3) is 1.69. The molecule has 2 unspecified atom stereocenters. The van der Waals surface area contributed by atoms with Gasteiger partial charge in [0.25, 0.3) is 0 Å². The molecule has 2 aliphatic rings. The van der Waals surface area contributed by atoms with Crippen LogP contribution in [0.1, 0.15) is 26.2 Å². The van der Waals surface area contributed by atoms with E-state index in [2.05, 4.69) is 5.32 Å². The highest BCUT2D eigenvalue weighted by Gasteiger charge is 2.42. The Hall–Kier alpha value is -0.610. The van der Waals surface area contributed by atoms with E-state index in [0.717, 1.165) is 19.3 Å². The molecule has 0 aromatic carbocycles. The number of piperidine rings is 1. The van der Waals surface area contributed by atoms with Gasteiger partial charge < -0.3 is 15.2 Å². The predicted molar refractivity (Wildman–Crippen MR) is 46.1 cm³/mol. The molecule has 2 bridgehead atoms. The van der Waals surface area contributed by atoms with Gasteiger partial charge in [0.1, 0.15) is 6.10 Å². The lowest BCUT2D eigenvalue weighted by Crippen LogP contribution is -2.44. The van der Waals surface area contributed by atoms with Gasteiger partial charge in [0, 0.05) is 25.4 Å². The van der Waals surface area contributed by atoms with E-state index in [-0.39, 0.29) is 30.3 Å². The summed E-state index contributed by atoms with van der Waals surface area (Å²) in [4.78, 5) is 10.8. The molecule has 0 amide bonds. The summed E-state index contributed by atoms with van der Waals surface area (Å²) in [5, 5.41) is 12.8. The second-order valence-corrected chi connectivity index (χ2v) is 3.91. The van der Waals surface area contributed by atoms with Crippen LogP contribution in [0.5, 0.6) is 0 Å². The molecule has 0 saturated carbocycles. The summed E-state index contributed by atoms with van der Waals surface area (Å²) < 4.78 is 5.16. The molecule has 2 N–H and O–H groups in total. The lowest BCUT2D eigenvalue weighted by Gasteiger charge is -2.26. The van der Waals surface area contributed by atoms with Gasteiger partial charge in [0.05, 0.1) is 6.10 Å². The lowest BCUT2D eigenvalue weighted by molar-refractivity contribution is -0.146. The molecule has 2 saturated heterocycles. The van der Waals surface area contributed by atoms with Crippen molar-refractivity contribution in [2.75, 3.05) is 0 Å². The molecule has 0 spiro atoms. The molecule has 0 aromatic heterocycles. The average Bonchev–Trinajstić information content (AvgIpc) is 2.37. The Bertz CT molecular complexity index is 219. The summed E-state index contributed by atoms with van der Waals surface area (Å²) in [5.74, 6) is -0.228. The van der Waals surface area contributed by atoms with Crippen molar-refractivity contribution in [1.82, 2.24) is 5.32 Å². The van der Waals surface area contributed by atoms with Gasteiger partial charge in [0.2, 0.25) is 0 Å². The number of ether oxygens (including phenoxy) is 1. The average molecular weight is 185 g/mol. The number of hydrogen-bond acceptors (Lipinski definition) is 4. The molecule has 0 radical (unpaired) electrons. The van der Waals surface area contributed by atoms with Crippen LogP contribution in [0.3, 0.4) is 0 Å². The zero-order chi connectivity index (χ0) is 9.42. The molecule has 2 fully saturated rings. The first-order valence-corrected chi connectivity index (χ1v) is 4.78. The molecule has 0 aromatic rings. The zero-order valence-electron chi connectivity index (χ0n) is 7.69. The first-order chi connectivity index (χ1) is 6.16. The van der Waals surface area contributed by atoms with Gasteiger partial charge in [-0.3, -0.25) is 4.79 Å². The number of esters is 1. The third-order valence-electron chi connectivity index (χ3n) is 2.92. The summed E-state index contributed by atoms with van der Waals surface area (Å²) in [6.07, 6.45) is 2.18. The minimum atomic E-state index is -0.267. The summed E-state index contributed by atoms with van der Waals surface area (Å²) in [5.41, 5.74) is 0. The largest absolute Gasteiger partial charge is 0.461 e. The van der Waals surface area contributed by atoms with Gasteiger partial charge in [0.15, 0.2) is 0 Å². The predicted octanol–water partition coefficient (Wildman–Crippen LogP) is -0.197.